The van der Waals surface area contributed by atoms with Gasteiger partial charge in [0.2, 0.25) is 0 Å². The zero-order chi connectivity index (χ0) is 14.0. The standard InChI is InChI=1S/C14H9Br2ClF2/c15-10(8-4-5-14(19)11(16)6-8)7-9-12(17)2-1-3-13(9)18/h1-6,10H,7H2. The maximum atomic E-state index is 13.7. The van der Waals surface area contributed by atoms with Gasteiger partial charge in [0.05, 0.1) is 4.47 Å². The lowest BCUT2D eigenvalue weighted by Crippen LogP contribution is -1.99. The smallest absolute Gasteiger partial charge is 0.137 e. The second-order valence-electron chi connectivity index (χ2n) is 4.05. The molecule has 0 saturated heterocycles. The topological polar surface area (TPSA) is 0 Å². The van der Waals surface area contributed by atoms with E-state index in [1.165, 1.54) is 12.1 Å². The Morgan fingerprint density at radius 2 is 1.84 bits per heavy atom. The van der Waals surface area contributed by atoms with Gasteiger partial charge in [-0.2, -0.15) is 0 Å². The Hall–Kier alpha value is -0.450. The normalized spacial score (nSPS) is 12.5. The first-order chi connectivity index (χ1) is 8.99. The van der Waals surface area contributed by atoms with Crippen molar-refractivity contribution in [2.45, 2.75) is 11.2 Å². The van der Waals surface area contributed by atoms with E-state index in [0.717, 1.165) is 5.56 Å². The van der Waals surface area contributed by atoms with Crippen LogP contribution in [0.25, 0.3) is 0 Å². The highest BCUT2D eigenvalue weighted by Gasteiger charge is 2.15. The molecule has 2 aromatic rings. The molecule has 0 heterocycles. The predicted octanol–water partition coefficient (Wildman–Crippen LogP) is 6.06. The Morgan fingerprint density at radius 1 is 1.11 bits per heavy atom. The molecule has 0 radical (unpaired) electrons. The van der Waals surface area contributed by atoms with E-state index >= 15 is 0 Å². The molecule has 0 aliphatic carbocycles. The lowest BCUT2D eigenvalue weighted by atomic mass is 10.0. The fraction of sp³-hybridized carbons (Fsp3) is 0.143. The van der Waals surface area contributed by atoms with Gasteiger partial charge >= 0.3 is 0 Å². The van der Waals surface area contributed by atoms with Crippen LogP contribution < -0.4 is 0 Å². The van der Waals surface area contributed by atoms with E-state index in [2.05, 4.69) is 31.9 Å². The molecule has 0 aromatic heterocycles. The zero-order valence-corrected chi connectivity index (χ0v) is 13.6. The highest BCUT2D eigenvalue weighted by molar-refractivity contribution is 9.10. The third-order valence-corrected chi connectivity index (χ3v) is 4.56. The summed E-state index contributed by atoms with van der Waals surface area (Å²) < 4.78 is 27.3. The number of hydrogen-bond donors (Lipinski definition) is 0. The average molecular weight is 410 g/mol. The van der Waals surface area contributed by atoms with Crippen LogP contribution >= 0.6 is 43.5 Å². The molecule has 100 valence electrons. The largest absolute Gasteiger partial charge is 0.207 e. The maximum absolute atomic E-state index is 13.7. The summed E-state index contributed by atoms with van der Waals surface area (Å²) in [6.07, 6.45) is 0.392. The van der Waals surface area contributed by atoms with Crippen LogP contribution in [-0.4, -0.2) is 0 Å². The van der Waals surface area contributed by atoms with Gasteiger partial charge in [0.25, 0.3) is 0 Å². The van der Waals surface area contributed by atoms with E-state index in [9.17, 15) is 8.78 Å². The van der Waals surface area contributed by atoms with Gasteiger partial charge in [0.15, 0.2) is 0 Å². The molecular formula is C14H9Br2ClF2. The monoisotopic (exact) mass is 408 g/mol. The van der Waals surface area contributed by atoms with Crippen LogP contribution in [0.3, 0.4) is 0 Å². The van der Waals surface area contributed by atoms with Gasteiger partial charge in [-0.15, -0.1) is 0 Å². The van der Waals surface area contributed by atoms with Gasteiger partial charge in [0, 0.05) is 15.4 Å². The lowest BCUT2D eigenvalue weighted by molar-refractivity contribution is 0.607. The van der Waals surface area contributed by atoms with Crippen molar-refractivity contribution >= 4 is 43.5 Å². The summed E-state index contributed by atoms with van der Waals surface area (Å²) in [5.74, 6) is -0.662. The lowest BCUT2D eigenvalue weighted by Gasteiger charge is -2.13. The van der Waals surface area contributed by atoms with Gasteiger partial charge in [-0.1, -0.05) is 39.7 Å². The molecule has 0 saturated carbocycles. The minimum atomic E-state index is -0.335. The van der Waals surface area contributed by atoms with Crippen molar-refractivity contribution in [1.29, 1.82) is 0 Å². The molecular weight excluding hydrogens is 401 g/mol. The molecule has 2 rings (SSSR count). The summed E-state index contributed by atoms with van der Waals surface area (Å²) in [7, 11) is 0. The van der Waals surface area contributed by atoms with Crippen LogP contribution in [0.15, 0.2) is 40.9 Å². The number of hydrogen-bond acceptors (Lipinski definition) is 0. The zero-order valence-electron chi connectivity index (χ0n) is 9.64. The molecule has 0 aliphatic heterocycles. The van der Waals surface area contributed by atoms with Crippen LogP contribution in [0.5, 0.6) is 0 Å². The number of halogens is 5. The summed E-state index contributed by atoms with van der Waals surface area (Å²) in [4.78, 5) is -0.140. The molecule has 0 nitrogen and oxygen atoms in total. The molecule has 1 unspecified atom stereocenters. The van der Waals surface area contributed by atoms with Gasteiger partial charge in [-0.05, 0) is 52.2 Å². The second-order valence-corrected chi connectivity index (χ2v) is 6.41. The van der Waals surface area contributed by atoms with Gasteiger partial charge in [0.1, 0.15) is 11.6 Å². The van der Waals surface area contributed by atoms with Gasteiger partial charge in [-0.3, -0.25) is 0 Å². The van der Waals surface area contributed by atoms with E-state index in [0.29, 0.717) is 21.5 Å². The summed E-state index contributed by atoms with van der Waals surface area (Å²) in [5, 5.41) is 0.394. The van der Waals surface area contributed by atoms with E-state index in [-0.39, 0.29) is 16.5 Å². The van der Waals surface area contributed by atoms with Crippen molar-refractivity contribution in [3.8, 4) is 0 Å². The van der Waals surface area contributed by atoms with Crippen molar-refractivity contribution in [2.75, 3.05) is 0 Å². The van der Waals surface area contributed by atoms with Crippen molar-refractivity contribution in [3.63, 3.8) is 0 Å². The first-order valence-electron chi connectivity index (χ1n) is 5.51. The van der Waals surface area contributed by atoms with Gasteiger partial charge in [-0.25, -0.2) is 8.78 Å². The molecule has 1 atom stereocenters. The Balaban J connectivity index is 2.25. The second kappa shape index (κ2) is 6.33. The molecule has 0 N–H and O–H groups in total. The first kappa shape index (κ1) is 14.9. The fourth-order valence-electron chi connectivity index (χ4n) is 1.73. The molecule has 0 spiro atoms. The first-order valence-corrected chi connectivity index (χ1v) is 7.59. The molecule has 0 fully saturated rings. The predicted molar refractivity (Wildman–Crippen MR) is 80.9 cm³/mol. The third-order valence-electron chi connectivity index (χ3n) is 2.75. The molecule has 0 aliphatic rings. The van der Waals surface area contributed by atoms with Crippen LogP contribution in [0.1, 0.15) is 16.0 Å². The summed E-state index contributed by atoms with van der Waals surface area (Å²) in [6.45, 7) is 0. The van der Waals surface area contributed by atoms with Crippen molar-refractivity contribution in [3.05, 3.63) is 68.7 Å². The van der Waals surface area contributed by atoms with E-state index < -0.39 is 0 Å². The summed E-state index contributed by atoms with van der Waals surface area (Å²) >= 11 is 12.6. The van der Waals surface area contributed by atoms with Crippen molar-refractivity contribution in [2.24, 2.45) is 0 Å². The Kier molecular flexibility index (Phi) is 4.98. The Bertz CT molecular complexity index is 582. The molecule has 0 bridgehead atoms. The quantitative estimate of drug-likeness (QED) is 0.540. The van der Waals surface area contributed by atoms with E-state index in [4.69, 9.17) is 11.6 Å². The van der Waals surface area contributed by atoms with Crippen LogP contribution in [-0.2, 0) is 6.42 Å². The van der Waals surface area contributed by atoms with Crippen molar-refractivity contribution in [1.82, 2.24) is 0 Å². The molecule has 0 amide bonds. The van der Waals surface area contributed by atoms with Crippen LogP contribution in [0.2, 0.25) is 5.02 Å². The minimum absolute atomic E-state index is 0.140. The average Bonchev–Trinajstić information content (AvgIpc) is 2.37. The third kappa shape index (κ3) is 3.56. The van der Waals surface area contributed by atoms with Crippen LogP contribution in [0, 0.1) is 11.6 Å². The number of alkyl halides is 1. The molecule has 19 heavy (non-hydrogen) atoms. The van der Waals surface area contributed by atoms with E-state index in [1.807, 2.05) is 0 Å². The fourth-order valence-corrected chi connectivity index (χ4v) is 2.98. The Morgan fingerprint density at radius 3 is 2.47 bits per heavy atom. The maximum Gasteiger partial charge on any atom is 0.137 e. The Labute approximate surface area is 132 Å². The minimum Gasteiger partial charge on any atom is -0.207 e. The van der Waals surface area contributed by atoms with Crippen molar-refractivity contribution < 1.29 is 8.78 Å². The van der Waals surface area contributed by atoms with Gasteiger partial charge < -0.3 is 0 Å². The molecule has 5 heteroatoms. The number of benzene rings is 2. The number of rotatable bonds is 3. The highest BCUT2D eigenvalue weighted by atomic mass is 79.9. The summed E-state index contributed by atoms with van der Waals surface area (Å²) in [5.41, 5.74) is 1.30. The SMILES string of the molecule is Fc1ccc(C(Br)Cc2c(F)cccc2Cl)cc1Br. The summed E-state index contributed by atoms with van der Waals surface area (Å²) in [6, 6.07) is 9.30. The van der Waals surface area contributed by atoms with E-state index in [1.54, 1.807) is 24.3 Å². The molecule has 2 aromatic carbocycles. The van der Waals surface area contributed by atoms with Crippen LogP contribution in [0.4, 0.5) is 8.78 Å². The highest BCUT2D eigenvalue weighted by Crippen LogP contribution is 2.32.